The second kappa shape index (κ2) is 5.13. The number of hydrogen-bond donors (Lipinski definition) is 2. The van der Waals surface area contributed by atoms with Crippen LogP contribution < -0.4 is 11.1 Å². The van der Waals surface area contributed by atoms with Crippen molar-refractivity contribution in [2.45, 2.75) is 6.04 Å². The van der Waals surface area contributed by atoms with E-state index in [1.54, 1.807) is 7.05 Å². The Morgan fingerprint density at radius 3 is 2.83 bits per heavy atom. The largest absolute Gasteiger partial charge is 0.357 e. The molecular weight excluding hydrogens is 196 g/mol. The number of carbonyl (C=O) groups is 1. The van der Waals surface area contributed by atoms with Gasteiger partial charge in [-0.2, -0.15) is 0 Å². The highest BCUT2D eigenvalue weighted by atomic mass is 35.5. The van der Waals surface area contributed by atoms with E-state index in [0.29, 0.717) is 0 Å². The van der Waals surface area contributed by atoms with Gasteiger partial charge in [0, 0.05) is 11.9 Å². The molecule has 1 rings (SSSR count). The number of halogens is 1. The minimum Gasteiger partial charge on any atom is -0.357 e. The van der Waals surface area contributed by atoms with E-state index in [-0.39, 0.29) is 18.3 Å². The molecule has 68 valence electrons. The van der Waals surface area contributed by atoms with Gasteiger partial charge in [0.25, 0.3) is 0 Å². The van der Waals surface area contributed by atoms with E-state index in [4.69, 9.17) is 5.73 Å². The van der Waals surface area contributed by atoms with Crippen molar-refractivity contribution < 1.29 is 4.79 Å². The summed E-state index contributed by atoms with van der Waals surface area (Å²) in [4.78, 5) is 11.9. The van der Waals surface area contributed by atoms with Crippen molar-refractivity contribution >= 4 is 29.7 Å². The molecule has 1 atom stereocenters. The van der Waals surface area contributed by atoms with Crippen molar-refractivity contribution in [2.75, 3.05) is 7.05 Å². The molecule has 0 bridgehead atoms. The lowest BCUT2D eigenvalue weighted by Crippen LogP contribution is -2.30. The Bertz CT molecular complexity index is 238. The average molecular weight is 207 g/mol. The van der Waals surface area contributed by atoms with Gasteiger partial charge in [-0.15, -0.1) is 23.7 Å². The Morgan fingerprint density at radius 2 is 2.42 bits per heavy atom. The Labute approximate surface area is 81.4 Å². The van der Waals surface area contributed by atoms with Crippen molar-refractivity contribution in [3.05, 3.63) is 22.4 Å². The first-order valence-electron chi connectivity index (χ1n) is 3.26. The Morgan fingerprint density at radius 1 is 1.75 bits per heavy atom. The first-order chi connectivity index (χ1) is 5.25. The topological polar surface area (TPSA) is 55.1 Å². The summed E-state index contributed by atoms with van der Waals surface area (Å²) in [6, 6.07) is 3.22. The molecule has 5 heteroatoms. The molecule has 0 aromatic carbocycles. The molecule has 0 aliphatic heterocycles. The van der Waals surface area contributed by atoms with Crippen LogP contribution in [0.1, 0.15) is 10.9 Å². The minimum absolute atomic E-state index is 0. The zero-order valence-electron chi connectivity index (χ0n) is 6.61. The van der Waals surface area contributed by atoms with E-state index in [2.05, 4.69) is 5.32 Å². The molecule has 12 heavy (non-hydrogen) atoms. The van der Waals surface area contributed by atoms with Crippen LogP contribution in [0, 0.1) is 0 Å². The van der Waals surface area contributed by atoms with Crippen LogP contribution in [-0.2, 0) is 4.79 Å². The van der Waals surface area contributed by atoms with Crippen LogP contribution in [0.5, 0.6) is 0 Å². The van der Waals surface area contributed by atoms with E-state index < -0.39 is 6.04 Å². The molecule has 0 fully saturated rings. The van der Waals surface area contributed by atoms with Crippen LogP contribution in [0.4, 0.5) is 0 Å². The van der Waals surface area contributed by atoms with Crippen LogP contribution in [0.25, 0.3) is 0 Å². The number of amides is 1. The van der Waals surface area contributed by atoms with Gasteiger partial charge in [0.05, 0.1) is 0 Å². The molecule has 1 unspecified atom stereocenters. The lowest BCUT2D eigenvalue weighted by molar-refractivity contribution is -0.121. The van der Waals surface area contributed by atoms with Gasteiger partial charge in [0.15, 0.2) is 0 Å². The molecular formula is C7H11ClN2OS. The van der Waals surface area contributed by atoms with E-state index in [9.17, 15) is 4.79 Å². The molecule has 1 amide bonds. The maximum absolute atomic E-state index is 11.0. The van der Waals surface area contributed by atoms with Crippen molar-refractivity contribution in [1.29, 1.82) is 0 Å². The number of carbonyl (C=O) groups excluding carboxylic acids is 1. The van der Waals surface area contributed by atoms with E-state index in [1.807, 2.05) is 17.5 Å². The first-order valence-corrected chi connectivity index (χ1v) is 4.14. The van der Waals surface area contributed by atoms with Gasteiger partial charge in [0.2, 0.25) is 5.91 Å². The van der Waals surface area contributed by atoms with Crippen LogP contribution in [0.3, 0.4) is 0 Å². The monoisotopic (exact) mass is 206 g/mol. The Hall–Kier alpha value is -0.580. The summed E-state index contributed by atoms with van der Waals surface area (Å²) in [5.41, 5.74) is 5.59. The fourth-order valence-electron chi connectivity index (χ4n) is 0.753. The van der Waals surface area contributed by atoms with Gasteiger partial charge in [-0.05, 0) is 11.4 Å². The smallest absolute Gasteiger partial charge is 0.242 e. The van der Waals surface area contributed by atoms with Crippen molar-refractivity contribution in [3.63, 3.8) is 0 Å². The number of nitrogens with two attached hydrogens (primary N) is 1. The second-order valence-electron chi connectivity index (χ2n) is 2.11. The Kier molecular flexibility index (Phi) is 4.89. The highest BCUT2D eigenvalue weighted by molar-refractivity contribution is 7.10. The summed E-state index contributed by atoms with van der Waals surface area (Å²) in [5, 5.41) is 4.40. The molecule has 0 aliphatic rings. The zero-order valence-corrected chi connectivity index (χ0v) is 8.24. The van der Waals surface area contributed by atoms with Gasteiger partial charge in [0.1, 0.15) is 6.04 Å². The maximum atomic E-state index is 11.0. The summed E-state index contributed by atoms with van der Waals surface area (Å²) >= 11 is 1.49. The molecule has 1 aromatic rings. The standard InChI is InChI=1S/C7H10N2OS.ClH/c1-9-7(10)6(8)5-3-2-4-11-5;/h2-4,6H,8H2,1H3,(H,9,10);1H. The molecule has 0 spiro atoms. The fraction of sp³-hybridized carbons (Fsp3) is 0.286. The number of likely N-dealkylation sites (N-methyl/N-ethyl adjacent to an activating group) is 1. The molecule has 0 radical (unpaired) electrons. The number of hydrogen-bond acceptors (Lipinski definition) is 3. The first kappa shape index (κ1) is 11.4. The van der Waals surface area contributed by atoms with Crippen LogP contribution >= 0.6 is 23.7 Å². The van der Waals surface area contributed by atoms with E-state index in [1.165, 1.54) is 11.3 Å². The van der Waals surface area contributed by atoms with Crippen LogP contribution in [0.2, 0.25) is 0 Å². The number of nitrogens with one attached hydrogen (secondary N) is 1. The van der Waals surface area contributed by atoms with Gasteiger partial charge < -0.3 is 11.1 Å². The van der Waals surface area contributed by atoms with E-state index >= 15 is 0 Å². The van der Waals surface area contributed by atoms with Crippen molar-refractivity contribution in [1.82, 2.24) is 5.32 Å². The summed E-state index contributed by atoms with van der Waals surface area (Å²) in [6.07, 6.45) is 0. The van der Waals surface area contributed by atoms with E-state index in [0.717, 1.165) is 4.88 Å². The number of thiophene rings is 1. The van der Waals surface area contributed by atoms with Crippen molar-refractivity contribution in [3.8, 4) is 0 Å². The lowest BCUT2D eigenvalue weighted by Gasteiger charge is -2.05. The van der Waals surface area contributed by atoms with Gasteiger partial charge in [-0.1, -0.05) is 6.07 Å². The molecule has 1 heterocycles. The van der Waals surface area contributed by atoms with Crippen LogP contribution in [-0.4, -0.2) is 13.0 Å². The van der Waals surface area contributed by atoms with Crippen molar-refractivity contribution in [2.24, 2.45) is 5.73 Å². The molecule has 0 saturated heterocycles. The fourth-order valence-corrected chi connectivity index (χ4v) is 1.48. The molecule has 0 saturated carbocycles. The van der Waals surface area contributed by atoms with Gasteiger partial charge >= 0.3 is 0 Å². The lowest BCUT2D eigenvalue weighted by atomic mass is 10.2. The SMILES string of the molecule is CNC(=O)C(N)c1cccs1.Cl. The molecule has 1 aromatic heterocycles. The predicted molar refractivity (Wildman–Crippen MR) is 52.6 cm³/mol. The number of rotatable bonds is 2. The molecule has 0 aliphatic carbocycles. The third kappa shape index (κ3) is 2.48. The summed E-state index contributed by atoms with van der Waals surface area (Å²) < 4.78 is 0. The van der Waals surface area contributed by atoms with Gasteiger partial charge in [-0.25, -0.2) is 0 Å². The molecule has 3 N–H and O–H groups in total. The maximum Gasteiger partial charge on any atom is 0.242 e. The highest BCUT2D eigenvalue weighted by Gasteiger charge is 2.13. The average Bonchev–Trinajstić information content (AvgIpc) is 2.53. The Balaban J connectivity index is 0.00000121. The molecule has 3 nitrogen and oxygen atoms in total. The third-order valence-electron chi connectivity index (χ3n) is 1.38. The van der Waals surface area contributed by atoms with Gasteiger partial charge in [-0.3, -0.25) is 4.79 Å². The quantitative estimate of drug-likeness (QED) is 0.756. The van der Waals surface area contributed by atoms with Crippen LogP contribution in [0.15, 0.2) is 17.5 Å². The highest BCUT2D eigenvalue weighted by Crippen LogP contribution is 2.16. The minimum atomic E-state index is -0.514. The second-order valence-corrected chi connectivity index (χ2v) is 3.09. The predicted octanol–water partition coefficient (Wildman–Crippen LogP) is 0.916. The summed E-state index contributed by atoms with van der Waals surface area (Å²) in [7, 11) is 1.58. The third-order valence-corrected chi connectivity index (χ3v) is 2.33. The zero-order chi connectivity index (χ0) is 8.27. The normalized spacial score (nSPS) is 11.5. The summed E-state index contributed by atoms with van der Waals surface area (Å²) in [5.74, 6) is -0.146. The summed E-state index contributed by atoms with van der Waals surface area (Å²) in [6.45, 7) is 0.